The Morgan fingerprint density at radius 3 is 2.43 bits per heavy atom. The van der Waals surface area contributed by atoms with Crippen molar-refractivity contribution in [2.24, 2.45) is 5.41 Å². The summed E-state index contributed by atoms with van der Waals surface area (Å²) in [4.78, 5) is 2.72. The quantitative estimate of drug-likeness (QED) is 0.609. The van der Waals surface area contributed by atoms with Gasteiger partial charge in [0, 0.05) is 18.6 Å². The Bertz CT molecular complexity index is 221. The van der Waals surface area contributed by atoms with E-state index in [1.807, 2.05) is 0 Å². The summed E-state index contributed by atoms with van der Waals surface area (Å²) in [7, 11) is 0. The third kappa shape index (κ3) is 1.63. The fourth-order valence-corrected chi connectivity index (χ4v) is 3.23. The van der Waals surface area contributed by atoms with Crippen molar-refractivity contribution >= 4 is 0 Å². The first kappa shape index (κ1) is 10.2. The average Bonchev–Trinajstić information content (AvgIpc) is 2.74. The van der Waals surface area contributed by atoms with Gasteiger partial charge in [-0.3, -0.25) is 4.90 Å². The zero-order chi connectivity index (χ0) is 10.2. The normalized spacial score (nSPS) is 31.0. The van der Waals surface area contributed by atoms with Crippen LogP contribution in [0.4, 0.5) is 0 Å². The highest BCUT2D eigenvalue weighted by atomic mass is 15.2. The van der Waals surface area contributed by atoms with Crippen molar-refractivity contribution in [3.63, 3.8) is 0 Å². The smallest absolute Gasteiger partial charge is 0.0102 e. The van der Waals surface area contributed by atoms with Crippen LogP contribution in [0, 0.1) is 5.41 Å². The van der Waals surface area contributed by atoms with Crippen LogP contribution < -0.4 is 0 Å². The van der Waals surface area contributed by atoms with Crippen LogP contribution in [0.3, 0.4) is 0 Å². The van der Waals surface area contributed by atoms with E-state index in [1.165, 1.54) is 32.2 Å². The minimum Gasteiger partial charge on any atom is -0.297 e. The zero-order valence-corrected chi connectivity index (χ0v) is 9.79. The van der Waals surface area contributed by atoms with Gasteiger partial charge in [0.15, 0.2) is 0 Å². The van der Waals surface area contributed by atoms with Crippen LogP contribution in [0.15, 0.2) is 12.2 Å². The maximum absolute atomic E-state index is 2.72. The van der Waals surface area contributed by atoms with E-state index in [0.717, 1.165) is 12.1 Å². The second-order valence-corrected chi connectivity index (χ2v) is 5.41. The van der Waals surface area contributed by atoms with Gasteiger partial charge in [0.1, 0.15) is 0 Å². The minimum atomic E-state index is 0.630. The van der Waals surface area contributed by atoms with Gasteiger partial charge in [0.05, 0.1) is 0 Å². The van der Waals surface area contributed by atoms with Crippen LogP contribution in [-0.2, 0) is 0 Å². The van der Waals surface area contributed by atoms with Gasteiger partial charge in [-0.15, -0.1) is 0 Å². The molecule has 1 unspecified atom stereocenters. The molecule has 1 heteroatoms. The molecule has 1 atom stereocenters. The Labute approximate surface area is 88.2 Å². The predicted molar refractivity (Wildman–Crippen MR) is 61.3 cm³/mol. The molecule has 1 saturated heterocycles. The molecule has 2 aliphatic rings. The summed E-state index contributed by atoms with van der Waals surface area (Å²) in [5.41, 5.74) is 0.630. The van der Waals surface area contributed by atoms with Crippen LogP contribution >= 0.6 is 0 Å². The highest BCUT2D eigenvalue weighted by molar-refractivity contribution is 5.09. The molecule has 0 aromatic heterocycles. The van der Waals surface area contributed by atoms with Crippen LogP contribution in [0.2, 0.25) is 0 Å². The largest absolute Gasteiger partial charge is 0.297 e. The van der Waals surface area contributed by atoms with E-state index in [-0.39, 0.29) is 0 Å². The predicted octanol–water partition coefficient (Wildman–Crippen LogP) is 3.22. The van der Waals surface area contributed by atoms with Gasteiger partial charge in [-0.1, -0.05) is 19.1 Å². The third-order valence-corrected chi connectivity index (χ3v) is 4.06. The van der Waals surface area contributed by atoms with E-state index in [0.29, 0.717) is 5.41 Å². The number of allylic oxidation sites excluding steroid dienone is 2. The molecular formula is C13H23N. The molecule has 1 nitrogen and oxygen atoms in total. The van der Waals surface area contributed by atoms with Gasteiger partial charge < -0.3 is 0 Å². The molecule has 0 aromatic carbocycles. The van der Waals surface area contributed by atoms with E-state index in [1.54, 1.807) is 0 Å². The molecule has 2 rings (SSSR count). The van der Waals surface area contributed by atoms with E-state index < -0.39 is 0 Å². The Kier molecular flexibility index (Phi) is 2.70. The molecule has 0 saturated carbocycles. The lowest BCUT2D eigenvalue weighted by molar-refractivity contribution is 0.186. The molecule has 0 amide bonds. The van der Waals surface area contributed by atoms with Crippen molar-refractivity contribution in [3.05, 3.63) is 12.2 Å². The summed E-state index contributed by atoms with van der Waals surface area (Å²) in [6.07, 6.45) is 10.2. The summed E-state index contributed by atoms with van der Waals surface area (Å²) < 4.78 is 0. The second kappa shape index (κ2) is 3.69. The highest BCUT2D eigenvalue weighted by Gasteiger charge is 2.43. The fourth-order valence-electron chi connectivity index (χ4n) is 3.23. The van der Waals surface area contributed by atoms with Crippen molar-refractivity contribution in [2.75, 3.05) is 6.54 Å². The molecule has 1 heterocycles. The number of likely N-dealkylation sites (tertiary alicyclic amines) is 1. The number of rotatable bonds is 2. The van der Waals surface area contributed by atoms with E-state index in [4.69, 9.17) is 0 Å². The van der Waals surface area contributed by atoms with E-state index in [2.05, 4.69) is 37.8 Å². The first-order chi connectivity index (χ1) is 6.67. The monoisotopic (exact) mass is 193 g/mol. The van der Waals surface area contributed by atoms with Crippen LogP contribution in [-0.4, -0.2) is 23.5 Å². The maximum atomic E-state index is 2.72. The highest BCUT2D eigenvalue weighted by Crippen LogP contribution is 2.45. The van der Waals surface area contributed by atoms with Crippen LogP contribution in [0.25, 0.3) is 0 Å². The van der Waals surface area contributed by atoms with Gasteiger partial charge in [-0.2, -0.15) is 0 Å². The zero-order valence-electron chi connectivity index (χ0n) is 9.79. The summed E-state index contributed by atoms with van der Waals surface area (Å²) in [5.74, 6) is 0. The van der Waals surface area contributed by atoms with Crippen LogP contribution in [0.5, 0.6) is 0 Å². The van der Waals surface area contributed by atoms with Crippen molar-refractivity contribution in [2.45, 2.75) is 58.5 Å². The van der Waals surface area contributed by atoms with Gasteiger partial charge in [-0.25, -0.2) is 0 Å². The lowest BCUT2D eigenvalue weighted by Crippen LogP contribution is -2.36. The third-order valence-electron chi connectivity index (χ3n) is 4.06. The molecule has 1 spiro atoms. The summed E-state index contributed by atoms with van der Waals surface area (Å²) >= 11 is 0. The molecule has 1 aliphatic heterocycles. The lowest BCUT2D eigenvalue weighted by Gasteiger charge is -2.28. The standard InChI is InChI=1S/C13H23N/c1-4-12-9-13(7-5-6-8-13)10-14(12)11(2)3/h5-6,11-12H,4,7-10H2,1-3H3. The molecule has 80 valence electrons. The van der Waals surface area contributed by atoms with E-state index >= 15 is 0 Å². The van der Waals surface area contributed by atoms with Gasteiger partial charge in [0.25, 0.3) is 0 Å². The van der Waals surface area contributed by atoms with Crippen molar-refractivity contribution in [3.8, 4) is 0 Å². The first-order valence-electron chi connectivity index (χ1n) is 6.07. The second-order valence-electron chi connectivity index (χ2n) is 5.41. The Balaban J connectivity index is 2.07. The van der Waals surface area contributed by atoms with Gasteiger partial charge in [0.2, 0.25) is 0 Å². The molecule has 1 aliphatic carbocycles. The molecular weight excluding hydrogens is 170 g/mol. The Morgan fingerprint density at radius 2 is 2.00 bits per heavy atom. The van der Waals surface area contributed by atoms with E-state index in [9.17, 15) is 0 Å². The Hall–Kier alpha value is -0.300. The molecule has 0 N–H and O–H groups in total. The molecule has 1 fully saturated rings. The molecule has 14 heavy (non-hydrogen) atoms. The first-order valence-corrected chi connectivity index (χ1v) is 6.07. The SMILES string of the molecule is CCC1CC2(CC=CC2)CN1C(C)C. The van der Waals surface area contributed by atoms with Crippen molar-refractivity contribution in [1.29, 1.82) is 0 Å². The van der Waals surface area contributed by atoms with Crippen molar-refractivity contribution in [1.82, 2.24) is 4.90 Å². The van der Waals surface area contributed by atoms with Gasteiger partial charge in [-0.05, 0) is 44.9 Å². The van der Waals surface area contributed by atoms with Crippen LogP contribution in [0.1, 0.15) is 46.5 Å². The summed E-state index contributed by atoms with van der Waals surface area (Å²) in [6.45, 7) is 8.34. The maximum Gasteiger partial charge on any atom is 0.0102 e. The molecule has 0 bridgehead atoms. The Morgan fingerprint density at radius 1 is 1.36 bits per heavy atom. The van der Waals surface area contributed by atoms with Crippen molar-refractivity contribution < 1.29 is 0 Å². The number of hydrogen-bond acceptors (Lipinski definition) is 1. The summed E-state index contributed by atoms with van der Waals surface area (Å²) in [5, 5.41) is 0. The lowest BCUT2D eigenvalue weighted by atomic mass is 9.83. The molecule has 0 radical (unpaired) electrons. The topological polar surface area (TPSA) is 3.24 Å². The minimum absolute atomic E-state index is 0.630. The fraction of sp³-hybridized carbons (Fsp3) is 0.846. The average molecular weight is 193 g/mol. The number of hydrogen-bond donors (Lipinski definition) is 0. The summed E-state index contributed by atoms with van der Waals surface area (Å²) in [6, 6.07) is 1.56. The molecule has 0 aromatic rings. The number of nitrogens with zero attached hydrogens (tertiary/aromatic N) is 1. The van der Waals surface area contributed by atoms with Gasteiger partial charge >= 0.3 is 0 Å².